The minimum absolute atomic E-state index is 0.670. The van der Waals surface area contributed by atoms with E-state index in [1.807, 2.05) is 32.0 Å². The number of hydrogen-bond acceptors (Lipinski definition) is 3. The molecule has 0 fully saturated rings. The zero-order valence-electron chi connectivity index (χ0n) is 8.54. The molecule has 78 valence electrons. The van der Waals surface area contributed by atoms with Crippen molar-refractivity contribution < 1.29 is 4.42 Å². The molecular weight excluding hydrogens is 256 g/mol. The predicted molar refractivity (Wildman–Crippen MR) is 63.5 cm³/mol. The number of hydrogen-bond donors (Lipinski definition) is 1. The van der Waals surface area contributed by atoms with Crippen LogP contribution in [0.25, 0.3) is 11.3 Å². The van der Waals surface area contributed by atoms with Crippen LogP contribution in [0.15, 0.2) is 27.1 Å². The van der Waals surface area contributed by atoms with Crippen molar-refractivity contribution in [2.24, 2.45) is 0 Å². The lowest BCUT2D eigenvalue weighted by Gasteiger charge is -2.01. The Labute approximate surface area is 96.4 Å². The third-order valence-electron chi connectivity index (χ3n) is 2.17. The molecule has 0 amide bonds. The molecule has 0 spiro atoms. The van der Waals surface area contributed by atoms with Crippen LogP contribution < -0.4 is 5.73 Å². The minimum atomic E-state index is 0.670. The van der Waals surface area contributed by atoms with E-state index in [2.05, 4.69) is 20.9 Å². The van der Waals surface area contributed by atoms with Crippen molar-refractivity contribution in [2.45, 2.75) is 13.8 Å². The Bertz CT molecular complexity index is 505. The number of nitrogens with zero attached hydrogens (tertiary/aromatic N) is 1. The first-order valence-electron chi connectivity index (χ1n) is 4.57. The zero-order chi connectivity index (χ0) is 11.0. The molecule has 1 aromatic carbocycles. The number of oxazole rings is 1. The van der Waals surface area contributed by atoms with Crippen LogP contribution in [0.3, 0.4) is 0 Å². The van der Waals surface area contributed by atoms with Crippen LogP contribution in [0.1, 0.15) is 11.7 Å². The van der Waals surface area contributed by atoms with E-state index < -0.39 is 0 Å². The molecule has 0 radical (unpaired) electrons. The highest BCUT2D eigenvalue weighted by Gasteiger charge is 2.09. The van der Waals surface area contributed by atoms with Gasteiger partial charge in [0.25, 0.3) is 0 Å². The maximum atomic E-state index is 5.81. The molecule has 3 nitrogen and oxygen atoms in total. The summed E-state index contributed by atoms with van der Waals surface area (Å²) in [6.07, 6.45) is 0. The van der Waals surface area contributed by atoms with Gasteiger partial charge in [-0.3, -0.25) is 0 Å². The summed E-state index contributed by atoms with van der Waals surface area (Å²) in [6.45, 7) is 3.73. The van der Waals surface area contributed by atoms with Gasteiger partial charge in [-0.15, -0.1) is 0 Å². The fourth-order valence-corrected chi connectivity index (χ4v) is 1.73. The van der Waals surface area contributed by atoms with Gasteiger partial charge in [0.15, 0.2) is 5.89 Å². The first-order valence-corrected chi connectivity index (χ1v) is 5.36. The average Bonchev–Trinajstić information content (AvgIpc) is 2.50. The number of nitrogens with two attached hydrogens (primary N) is 1. The van der Waals surface area contributed by atoms with Gasteiger partial charge in [-0.25, -0.2) is 4.98 Å². The number of halogens is 1. The summed E-state index contributed by atoms with van der Waals surface area (Å²) in [5, 5.41) is 0. The summed E-state index contributed by atoms with van der Waals surface area (Å²) in [5.41, 5.74) is 8.34. The maximum absolute atomic E-state index is 5.81. The predicted octanol–water partition coefficient (Wildman–Crippen LogP) is 3.30. The highest BCUT2D eigenvalue weighted by atomic mass is 79.9. The van der Waals surface area contributed by atoms with Crippen molar-refractivity contribution in [3.8, 4) is 11.3 Å². The van der Waals surface area contributed by atoms with Crippen LogP contribution in [0.5, 0.6) is 0 Å². The first-order chi connectivity index (χ1) is 7.08. The molecule has 1 aromatic heterocycles. The van der Waals surface area contributed by atoms with E-state index in [1.165, 1.54) is 0 Å². The first kappa shape index (κ1) is 10.2. The lowest BCUT2D eigenvalue weighted by atomic mass is 10.1. The summed E-state index contributed by atoms with van der Waals surface area (Å²) in [4.78, 5) is 4.31. The van der Waals surface area contributed by atoms with Gasteiger partial charge in [0.2, 0.25) is 0 Å². The Morgan fingerprint density at radius 3 is 2.60 bits per heavy atom. The van der Waals surface area contributed by atoms with Gasteiger partial charge in [-0.1, -0.05) is 6.07 Å². The number of aryl methyl sites for hydroxylation is 2. The van der Waals surface area contributed by atoms with Crippen molar-refractivity contribution in [1.29, 1.82) is 0 Å². The lowest BCUT2D eigenvalue weighted by molar-refractivity contribution is 0.495. The molecular formula is C11H11BrN2O. The zero-order valence-corrected chi connectivity index (χ0v) is 10.1. The lowest BCUT2D eigenvalue weighted by Crippen LogP contribution is -1.88. The Balaban J connectivity index is 2.54. The molecule has 0 bridgehead atoms. The van der Waals surface area contributed by atoms with Crippen molar-refractivity contribution in [3.63, 3.8) is 0 Å². The molecule has 2 aromatic rings. The summed E-state index contributed by atoms with van der Waals surface area (Å²) in [7, 11) is 0. The van der Waals surface area contributed by atoms with Gasteiger partial charge in [0.1, 0.15) is 11.5 Å². The van der Waals surface area contributed by atoms with E-state index in [0.717, 1.165) is 21.5 Å². The molecule has 0 aliphatic carbocycles. The molecule has 15 heavy (non-hydrogen) atoms. The third kappa shape index (κ3) is 1.90. The van der Waals surface area contributed by atoms with Gasteiger partial charge >= 0.3 is 0 Å². The SMILES string of the molecule is Cc1nc(-c2ccc(Br)c(N)c2)c(C)o1. The average molecular weight is 267 g/mol. The Hall–Kier alpha value is -1.29. The molecule has 2 rings (SSSR count). The van der Waals surface area contributed by atoms with Crippen molar-refractivity contribution in [1.82, 2.24) is 4.98 Å². The van der Waals surface area contributed by atoms with Gasteiger partial charge in [0.05, 0.1) is 0 Å². The maximum Gasteiger partial charge on any atom is 0.191 e. The molecule has 0 unspecified atom stereocenters. The molecule has 0 aliphatic heterocycles. The van der Waals surface area contributed by atoms with Gasteiger partial charge in [0, 0.05) is 22.6 Å². The number of nitrogen functional groups attached to an aromatic ring is 1. The van der Waals surface area contributed by atoms with Gasteiger partial charge in [-0.2, -0.15) is 0 Å². The van der Waals surface area contributed by atoms with E-state index in [1.54, 1.807) is 0 Å². The van der Waals surface area contributed by atoms with Crippen LogP contribution >= 0.6 is 15.9 Å². The number of benzene rings is 1. The molecule has 1 heterocycles. The quantitative estimate of drug-likeness (QED) is 0.806. The fraction of sp³-hybridized carbons (Fsp3) is 0.182. The molecule has 0 aliphatic rings. The van der Waals surface area contributed by atoms with E-state index in [9.17, 15) is 0 Å². The van der Waals surface area contributed by atoms with E-state index in [-0.39, 0.29) is 0 Å². The normalized spacial score (nSPS) is 10.6. The Kier molecular flexibility index (Phi) is 2.52. The highest BCUT2D eigenvalue weighted by molar-refractivity contribution is 9.10. The van der Waals surface area contributed by atoms with Crippen LogP contribution in [-0.2, 0) is 0 Å². The standard InChI is InChI=1S/C11H11BrN2O/c1-6-11(14-7(2)15-6)8-3-4-9(12)10(13)5-8/h3-5H,13H2,1-2H3. The van der Waals surface area contributed by atoms with E-state index in [0.29, 0.717) is 11.6 Å². The molecule has 0 saturated carbocycles. The summed E-state index contributed by atoms with van der Waals surface area (Å²) in [5.74, 6) is 1.48. The second kappa shape index (κ2) is 3.70. The van der Waals surface area contributed by atoms with Crippen molar-refractivity contribution >= 4 is 21.6 Å². The second-order valence-corrected chi connectivity index (χ2v) is 4.23. The largest absolute Gasteiger partial charge is 0.446 e. The molecule has 0 saturated heterocycles. The number of aromatic nitrogens is 1. The highest BCUT2D eigenvalue weighted by Crippen LogP contribution is 2.28. The summed E-state index contributed by atoms with van der Waals surface area (Å²) < 4.78 is 6.27. The fourth-order valence-electron chi connectivity index (χ4n) is 1.49. The summed E-state index contributed by atoms with van der Waals surface area (Å²) >= 11 is 3.36. The summed E-state index contributed by atoms with van der Waals surface area (Å²) in [6, 6.07) is 5.76. The number of rotatable bonds is 1. The van der Waals surface area contributed by atoms with Crippen LogP contribution in [0.2, 0.25) is 0 Å². The monoisotopic (exact) mass is 266 g/mol. The van der Waals surface area contributed by atoms with Crippen LogP contribution in [0, 0.1) is 13.8 Å². The molecule has 4 heteroatoms. The second-order valence-electron chi connectivity index (χ2n) is 3.37. The Morgan fingerprint density at radius 2 is 2.07 bits per heavy atom. The molecule has 2 N–H and O–H groups in total. The Morgan fingerprint density at radius 1 is 1.33 bits per heavy atom. The topological polar surface area (TPSA) is 52.0 Å². The van der Waals surface area contributed by atoms with Crippen LogP contribution in [0.4, 0.5) is 5.69 Å². The minimum Gasteiger partial charge on any atom is -0.446 e. The van der Waals surface area contributed by atoms with Gasteiger partial charge in [-0.05, 0) is 35.0 Å². The smallest absolute Gasteiger partial charge is 0.191 e. The molecule has 0 atom stereocenters. The van der Waals surface area contributed by atoms with Crippen LogP contribution in [-0.4, -0.2) is 4.98 Å². The number of anilines is 1. The van der Waals surface area contributed by atoms with E-state index in [4.69, 9.17) is 10.2 Å². The van der Waals surface area contributed by atoms with Crippen molar-refractivity contribution in [3.05, 3.63) is 34.3 Å². The van der Waals surface area contributed by atoms with Crippen molar-refractivity contribution in [2.75, 3.05) is 5.73 Å². The van der Waals surface area contributed by atoms with E-state index >= 15 is 0 Å². The third-order valence-corrected chi connectivity index (χ3v) is 2.90. The van der Waals surface area contributed by atoms with Gasteiger partial charge < -0.3 is 10.2 Å².